The maximum absolute atomic E-state index is 12.9. The molecule has 11 heteroatoms. The van der Waals surface area contributed by atoms with Crippen LogP contribution in [0, 0.1) is 0 Å². The normalized spacial score (nSPS) is 19.1. The molecule has 11 nitrogen and oxygen atoms in total. The van der Waals surface area contributed by atoms with Crippen LogP contribution in [0.25, 0.3) is 22.2 Å². The monoisotopic (exact) mass is 590 g/mol. The Morgan fingerprint density at radius 2 is 1.56 bits per heavy atom. The zero-order chi connectivity index (χ0) is 30.9. The summed E-state index contributed by atoms with van der Waals surface area (Å²) in [6, 6.07) is 9.20. The van der Waals surface area contributed by atoms with E-state index in [1.807, 2.05) is 65.8 Å². The fourth-order valence-electron chi connectivity index (χ4n) is 5.57. The molecule has 0 unspecified atom stereocenters. The van der Waals surface area contributed by atoms with E-state index in [0.717, 1.165) is 53.7 Å². The van der Waals surface area contributed by atoms with Gasteiger partial charge in [-0.15, -0.1) is 0 Å². The third kappa shape index (κ3) is 7.26. The third-order valence-electron chi connectivity index (χ3n) is 7.53. The molecule has 2 aliphatic rings. The summed E-state index contributed by atoms with van der Waals surface area (Å²) >= 11 is 0. The second-order valence-electron chi connectivity index (χ2n) is 13.3. The van der Waals surface area contributed by atoms with Gasteiger partial charge in [0.15, 0.2) is 0 Å². The van der Waals surface area contributed by atoms with Crippen LogP contribution in [0.3, 0.4) is 0 Å². The number of likely N-dealkylation sites (tertiary alicyclic amines) is 2. The van der Waals surface area contributed by atoms with Gasteiger partial charge in [0.1, 0.15) is 22.7 Å². The topological polar surface area (TPSA) is 130 Å². The van der Waals surface area contributed by atoms with Crippen LogP contribution in [0.4, 0.5) is 9.59 Å². The van der Waals surface area contributed by atoms with E-state index in [1.165, 1.54) is 0 Å². The zero-order valence-electron chi connectivity index (χ0n) is 25.9. The molecule has 0 aliphatic carbocycles. The van der Waals surface area contributed by atoms with E-state index in [9.17, 15) is 14.4 Å². The van der Waals surface area contributed by atoms with Crippen LogP contribution in [0.15, 0.2) is 36.5 Å². The van der Waals surface area contributed by atoms with E-state index in [4.69, 9.17) is 14.5 Å². The van der Waals surface area contributed by atoms with Crippen LogP contribution in [0.1, 0.15) is 89.6 Å². The molecule has 0 radical (unpaired) electrons. The lowest BCUT2D eigenvalue weighted by Crippen LogP contribution is -2.45. The first-order valence-corrected chi connectivity index (χ1v) is 15.0. The Bertz CT molecular complexity index is 1490. The lowest BCUT2D eigenvalue weighted by molar-refractivity contribution is 0.0211. The number of aromatic nitrogens is 3. The van der Waals surface area contributed by atoms with Crippen molar-refractivity contribution in [3.63, 3.8) is 0 Å². The van der Waals surface area contributed by atoms with Crippen LogP contribution in [0.2, 0.25) is 0 Å². The lowest BCUT2D eigenvalue weighted by atomic mass is 10.1. The molecule has 0 saturated carbocycles. The van der Waals surface area contributed by atoms with Gasteiger partial charge in [-0.3, -0.25) is 14.7 Å². The molecule has 5 rings (SSSR count). The molecule has 230 valence electrons. The summed E-state index contributed by atoms with van der Waals surface area (Å²) in [6.07, 6.45) is 4.39. The van der Waals surface area contributed by atoms with Gasteiger partial charge < -0.3 is 24.7 Å². The summed E-state index contributed by atoms with van der Waals surface area (Å²) in [4.78, 5) is 54.2. The minimum atomic E-state index is -0.567. The van der Waals surface area contributed by atoms with Gasteiger partial charge in [-0.1, -0.05) is 12.1 Å². The Balaban J connectivity index is 1.22. The predicted octanol–water partition coefficient (Wildman–Crippen LogP) is 5.83. The highest BCUT2D eigenvalue weighted by molar-refractivity contribution is 5.92. The number of carbonyl (C=O) groups excluding carboxylic acids is 3. The van der Waals surface area contributed by atoms with Crippen molar-refractivity contribution in [2.45, 2.75) is 90.5 Å². The maximum atomic E-state index is 12.9. The summed E-state index contributed by atoms with van der Waals surface area (Å²) in [5, 5.41) is 2.92. The lowest BCUT2D eigenvalue weighted by Gasteiger charge is -2.28. The number of fused-ring (bicyclic) bond motifs is 1. The number of imidazole rings is 1. The van der Waals surface area contributed by atoms with Crippen molar-refractivity contribution >= 4 is 29.1 Å². The van der Waals surface area contributed by atoms with E-state index in [1.54, 1.807) is 22.1 Å². The number of rotatable bonds is 5. The molecule has 2 aliphatic heterocycles. The van der Waals surface area contributed by atoms with Crippen molar-refractivity contribution in [2.75, 3.05) is 19.6 Å². The molecule has 0 spiro atoms. The Kier molecular flexibility index (Phi) is 8.36. The molecule has 2 fully saturated rings. The first kappa shape index (κ1) is 30.3. The van der Waals surface area contributed by atoms with Crippen LogP contribution in [-0.4, -0.2) is 79.7 Å². The van der Waals surface area contributed by atoms with E-state index >= 15 is 0 Å². The minimum absolute atomic E-state index is 0.107. The maximum Gasteiger partial charge on any atom is 0.410 e. The number of nitrogens with one attached hydrogen (secondary N) is 2. The first-order valence-electron chi connectivity index (χ1n) is 15.0. The number of aromatic amines is 1. The summed E-state index contributed by atoms with van der Waals surface area (Å²) in [6.45, 7) is 12.7. The molecule has 3 amide bonds. The van der Waals surface area contributed by atoms with Crippen molar-refractivity contribution in [1.82, 2.24) is 30.1 Å². The molecule has 43 heavy (non-hydrogen) atoms. The molecular weight excluding hydrogens is 548 g/mol. The van der Waals surface area contributed by atoms with Gasteiger partial charge in [0.25, 0.3) is 5.91 Å². The highest BCUT2D eigenvalue weighted by atomic mass is 16.6. The average Bonchev–Trinajstić information content (AvgIpc) is 3.68. The second kappa shape index (κ2) is 11.9. The summed E-state index contributed by atoms with van der Waals surface area (Å²) in [5.74, 6) is 0.454. The Morgan fingerprint density at radius 3 is 2.23 bits per heavy atom. The quantitative estimate of drug-likeness (QED) is 0.383. The average molecular weight is 591 g/mol. The number of ether oxygens (including phenoxy) is 2. The molecule has 4 heterocycles. The minimum Gasteiger partial charge on any atom is -0.444 e. The Morgan fingerprint density at radius 1 is 0.907 bits per heavy atom. The molecular formula is C32H42N6O5. The van der Waals surface area contributed by atoms with E-state index in [0.29, 0.717) is 25.3 Å². The number of benzene rings is 1. The number of hydrogen-bond donors (Lipinski definition) is 2. The van der Waals surface area contributed by atoms with Gasteiger partial charge in [-0.25, -0.2) is 14.6 Å². The molecule has 1 aromatic carbocycles. The van der Waals surface area contributed by atoms with Gasteiger partial charge in [0.2, 0.25) is 0 Å². The highest BCUT2D eigenvalue weighted by Crippen LogP contribution is 2.33. The summed E-state index contributed by atoms with van der Waals surface area (Å²) in [5.41, 5.74) is 2.63. The van der Waals surface area contributed by atoms with Crippen molar-refractivity contribution in [3.8, 4) is 11.1 Å². The zero-order valence-corrected chi connectivity index (χ0v) is 25.9. The van der Waals surface area contributed by atoms with Gasteiger partial charge in [0, 0.05) is 31.4 Å². The Hall–Kier alpha value is -4.15. The van der Waals surface area contributed by atoms with Gasteiger partial charge >= 0.3 is 12.2 Å². The van der Waals surface area contributed by atoms with Gasteiger partial charge in [-0.2, -0.15) is 0 Å². The van der Waals surface area contributed by atoms with Crippen LogP contribution in [-0.2, 0) is 9.47 Å². The van der Waals surface area contributed by atoms with Crippen LogP contribution >= 0.6 is 0 Å². The number of hydrogen-bond acceptors (Lipinski definition) is 7. The number of pyridine rings is 1. The van der Waals surface area contributed by atoms with Crippen molar-refractivity contribution in [3.05, 3.63) is 48.0 Å². The largest absolute Gasteiger partial charge is 0.444 e. The van der Waals surface area contributed by atoms with Gasteiger partial charge in [-0.05, 0) is 91.0 Å². The number of carbonyl (C=O) groups is 3. The van der Waals surface area contributed by atoms with Crippen molar-refractivity contribution in [1.29, 1.82) is 0 Å². The molecule has 2 N–H and O–H groups in total. The molecule has 2 atom stereocenters. The smallest absolute Gasteiger partial charge is 0.410 e. The van der Waals surface area contributed by atoms with Crippen molar-refractivity contribution in [2.24, 2.45) is 0 Å². The predicted molar refractivity (Wildman–Crippen MR) is 163 cm³/mol. The van der Waals surface area contributed by atoms with E-state index in [2.05, 4.69) is 15.3 Å². The molecule has 2 saturated heterocycles. The number of H-pyrrole nitrogens is 1. The SMILES string of the molecule is CC(C)(C)OC(=O)N1CCC[C@H]1CNC(=O)c1ccc(-c2ccc3nc([C@@H]4CCCN4C(=O)OC(C)(C)C)[nH]c3c2)cn1. The number of nitrogens with zero attached hydrogens (tertiary/aromatic N) is 4. The second-order valence-corrected chi connectivity index (χ2v) is 13.3. The summed E-state index contributed by atoms with van der Waals surface area (Å²) < 4.78 is 11.1. The standard InChI is InChI=1S/C32H42N6O5/c1-31(2,3)42-29(40)37-15-7-9-22(37)19-34-28(39)24-14-12-21(18-33-24)20-11-13-23-25(17-20)36-27(35-23)26-10-8-16-38(26)30(41)43-32(4,5)6/h11-14,17-18,22,26H,7-10,15-16,19H2,1-6H3,(H,34,39)(H,35,36)/t22-,26-/m0/s1. The highest BCUT2D eigenvalue weighted by Gasteiger charge is 2.35. The third-order valence-corrected chi connectivity index (χ3v) is 7.53. The molecule has 0 bridgehead atoms. The van der Waals surface area contributed by atoms with E-state index in [-0.39, 0.29) is 30.2 Å². The van der Waals surface area contributed by atoms with E-state index < -0.39 is 11.2 Å². The fraction of sp³-hybridized carbons (Fsp3) is 0.531. The van der Waals surface area contributed by atoms with Crippen molar-refractivity contribution < 1.29 is 23.9 Å². The first-order chi connectivity index (χ1) is 20.3. The summed E-state index contributed by atoms with van der Waals surface area (Å²) in [7, 11) is 0. The number of amides is 3. The van der Waals surface area contributed by atoms with Crippen LogP contribution in [0.5, 0.6) is 0 Å². The Labute approximate surface area is 252 Å². The molecule has 3 aromatic rings. The van der Waals surface area contributed by atoms with Gasteiger partial charge in [0.05, 0.1) is 23.1 Å². The molecule has 2 aromatic heterocycles. The van der Waals surface area contributed by atoms with Crippen LogP contribution < -0.4 is 5.32 Å². The fourth-order valence-corrected chi connectivity index (χ4v) is 5.57.